The molecular weight excluding hydrogens is 290 g/mol. The van der Waals surface area contributed by atoms with Crippen LogP contribution in [0.2, 0.25) is 0 Å². The standard InChI is InChI=1S/C14H21N3O3S/c1-4-14(12(18)19)5-6-17(9-14)13(20)16(3)7-11-8-21-10(2)15-11/h8H,4-7,9H2,1-3H3,(H,18,19). The zero-order chi connectivity index (χ0) is 15.6. The molecule has 1 aliphatic rings. The van der Waals surface area contributed by atoms with Gasteiger partial charge in [0, 0.05) is 25.5 Å². The molecule has 116 valence electrons. The molecule has 0 spiro atoms. The van der Waals surface area contributed by atoms with Crippen molar-refractivity contribution in [1.29, 1.82) is 0 Å². The summed E-state index contributed by atoms with van der Waals surface area (Å²) >= 11 is 1.56. The Bertz CT molecular complexity index is 545. The molecule has 1 aliphatic heterocycles. The van der Waals surface area contributed by atoms with Gasteiger partial charge in [0.15, 0.2) is 0 Å². The van der Waals surface area contributed by atoms with E-state index in [0.717, 1.165) is 10.7 Å². The number of likely N-dealkylation sites (tertiary alicyclic amines) is 1. The molecule has 0 aliphatic carbocycles. The molecule has 1 aromatic heterocycles. The van der Waals surface area contributed by atoms with Gasteiger partial charge >= 0.3 is 12.0 Å². The molecule has 21 heavy (non-hydrogen) atoms. The largest absolute Gasteiger partial charge is 0.481 e. The average molecular weight is 311 g/mol. The van der Waals surface area contributed by atoms with Crippen LogP contribution in [0.4, 0.5) is 4.79 Å². The lowest BCUT2D eigenvalue weighted by atomic mass is 9.84. The molecule has 0 bridgehead atoms. The Balaban J connectivity index is 1.99. The SMILES string of the molecule is CCC1(C(=O)O)CCN(C(=O)N(C)Cc2csc(C)n2)C1. The van der Waals surface area contributed by atoms with Crippen LogP contribution in [0.25, 0.3) is 0 Å². The van der Waals surface area contributed by atoms with Crippen LogP contribution in [-0.4, -0.2) is 52.0 Å². The number of rotatable bonds is 4. The average Bonchev–Trinajstić information content (AvgIpc) is 3.05. The van der Waals surface area contributed by atoms with Gasteiger partial charge in [-0.2, -0.15) is 0 Å². The lowest BCUT2D eigenvalue weighted by Gasteiger charge is -2.26. The minimum atomic E-state index is -0.807. The third-order valence-electron chi connectivity index (χ3n) is 4.15. The van der Waals surface area contributed by atoms with E-state index in [-0.39, 0.29) is 12.6 Å². The van der Waals surface area contributed by atoms with Crippen LogP contribution in [0, 0.1) is 12.3 Å². The first kappa shape index (κ1) is 15.8. The zero-order valence-corrected chi connectivity index (χ0v) is 13.4. The molecule has 2 amide bonds. The van der Waals surface area contributed by atoms with Gasteiger partial charge in [-0.15, -0.1) is 11.3 Å². The van der Waals surface area contributed by atoms with E-state index in [9.17, 15) is 14.7 Å². The maximum atomic E-state index is 12.4. The molecule has 0 aromatic carbocycles. The normalized spacial score (nSPS) is 21.6. The number of hydrogen-bond donors (Lipinski definition) is 1. The van der Waals surface area contributed by atoms with Gasteiger partial charge in [0.25, 0.3) is 0 Å². The third kappa shape index (κ3) is 3.18. The van der Waals surface area contributed by atoms with E-state index in [1.807, 2.05) is 19.2 Å². The lowest BCUT2D eigenvalue weighted by molar-refractivity contribution is -0.148. The number of aromatic nitrogens is 1. The molecule has 1 atom stereocenters. The number of nitrogens with zero attached hydrogens (tertiary/aromatic N) is 3. The first-order valence-corrected chi connectivity index (χ1v) is 7.90. The second-order valence-electron chi connectivity index (χ2n) is 5.61. The number of carbonyl (C=O) groups excluding carboxylic acids is 1. The molecule has 1 saturated heterocycles. The fourth-order valence-electron chi connectivity index (χ4n) is 2.68. The predicted octanol–water partition coefficient (Wildman–Crippen LogP) is 2.19. The van der Waals surface area contributed by atoms with Gasteiger partial charge in [0.1, 0.15) is 0 Å². The van der Waals surface area contributed by atoms with Crippen molar-refractivity contribution in [3.8, 4) is 0 Å². The number of thiazole rings is 1. The molecular formula is C14H21N3O3S. The van der Waals surface area contributed by atoms with Crippen LogP contribution in [0.3, 0.4) is 0 Å². The van der Waals surface area contributed by atoms with Crippen LogP contribution in [0.5, 0.6) is 0 Å². The number of aliphatic carboxylic acids is 1. The number of amides is 2. The molecule has 2 heterocycles. The Morgan fingerprint density at radius 3 is 2.76 bits per heavy atom. The molecule has 1 unspecified atom stereocenters. The third-order valence-corrected chi connectivity index (χ3v) is 4.97. The van der Waals surface area contributed by atoms with E-state index in [1.54, 1.807) is 28.2 Å². The molecule has 7 heteroatoms. The van der Waals surface area contributed by atoms with Gasteiger partial charge in [-0.25, -0.2) is 9.78 Å². The van der Waals surface area contributed by atoms with Crippen LogP contribution >= 0.6 is 11.3 Å². The number of carboxylic acids is 1. The maximum absolute atomic E-state index is 12.4. The van der Waals surface area contributed by atoms with Crippen molar-refractivity contribution < 1.29 is 14.7 Å². The summed E-state index contributed by atoms with van der Waals surface area (Å²) in [4.78, 5) is 31.4. The zero-order valence-electron chi connectivity index (χ0n) is 12.6. The lowest BCUT2D eigenvalue weighted by Crippen LogP contribution is -2.42. The highest BCUT2D eigenvalue weighted by Gasteiger charge is 2.45. The van der Waals surface area contributed by atoms with Crippen molar-refractivity contribution >= 4 is 23.3 Å². The summed E-state index contributed by atoms with van der Waals surface area (Å²) in [5.74, 6) is -0.807. The van der Waals surface area contributed by atoms with Gasteiger partial charge < -0.3 is 14.9 Å². The Morgan fingerprint density at radius 2 is 2.29 bits per heavy atom. The first-order chi connectivity index (χ1) is 9.88. The van der Waals surface area contributed by atoms with Gasteiger partial charge in [0.2, 0.25) is 0 Å². The smallest absolute Gasteiger partial charge is 0.320 e. The van der Waals surface area contributed by atoms with Crippen LogP contribution in [0.15, 0.2) is 5.38 Å². The van der Waals surface area contributed by atoms with Crippen molar-refractivity contribution in [3.63, 3.8) is 0 Å². The summed E-state index contributed by atoms with van der Waals surface area (Å²) in [5.41, 5.74) is 0.0841. The first-order valence-electron chi connectivity index (χ1n) is 7.02. The molecule has 1 aromatic rings. The topological polar surface area (TPSA) is 73.7 Å². The van der Waals surface area contributed by atoms with E-state index >= 15 is 0 Å². The van der Waals surface area contributed by atoms with E-state index in [1.165, 1.54) is 0 Å². The van der Waals surface area contributed by atoms with Crippen LogP contribution in [0.1, 0.15) is 30.5 Å². The fraction of sp³-hybridized carbons (Fsp3) is 0.643. The van der Waals surface area contributed by atoms with E-state index in [2.05, 4.69) is 4.98 Å². The Morgan fingerprint density at radius 1 is 1.57 bits per heavy atom. The molecule has 6 nitrogen and oxygen atoms in total. The van der Waals surface area contributed by atoms with Crippen molar-refractivity contribution in [2.75, 3.05) is 20.1 Å². The molecule has 1 fully saturated rings. The van der Waals surface area contributed by atoms with Gasteiger partial charge in [0.05, 0.1) is 22.7 Å². The summed E-state index contributed by atoms with van der Waals surface area (Å²) < 4.78 is 0. The summed E-state index contributed by atoms with van der Waals surface area (Å²) in [6, 6.07) is -0.128. The maximum Gasteiger partial charge on any atom is 0.320 e. The summed E-state index contributed by atoms with van der Waals surface area (Å²) in [6.07, 6.45) is 1.06. The molecule has 2 rings (SSSR count). The second kappa shape index (κ2) is 6.01. The van der Waals surface area contributed by atoms with Crippen molar-refractivity contribution in [2.45, 2.75) is 33.2 Å². The number of carbonyl (C=O) groups is 2. The number of hydrogen-bond acceptors (Lipinski definition) is 4. The number of urea groups is 1. The van der Waals surface area contributed by atoms with E-state index in [0.29, 0.717) is 25.9 Å². The minimum Gasteiger partial charge on any atom is -0.481 e. The Labute approximate surface area is 128 Å². The Kier molecular flexibility index (Phi) is 4.51. The fourth-order valence-corrected chi connectivity index (χ4v) is 3.29. The molecule has 0 saturated carbocycles. The minimum absolute atomic E-state index is 0.128. The molecule has 1 N–H and O–H groups in total. The summed E-state index contributed by atoms with van der Waals surface area (Å²) in [7, 11) is 1.73. The molecule has 0 radical (unpaired) electrons. The van der Waals surface area contributed by atoms with Gasteiger partial charge in [-0.1, -0.05) is 6.92 Å². The predicted molar refractivity (Wildman–Crippen MR) is 80.3 cm³/mol. The highest BCUT2D eigenvalue weighted by Crippen LogP contribution is 2.34. The van der Waals surface area contributed by atoms with Crippen molar-refractivity contribution in [3.05, 3.63) is 16.1 Å². The highest BCUT2D eigenvalue weighted by atomic mass is 32.1. The van der Waals surface area contributed by atoms with Crippen LogP contribution < -0.4 is 0 Å². The quantitative estimate of drug-likeness (QED) is 0.925. The summed E-state index contributed by atoms with van der Waals surface area (Å²) in [6.45, 7) is 5.03. The second-order valence-corrected chi connectivity index (χ2v) is 6.67. The van der Waals surface area contributed by atoms with E-state index < -0.39 is 11.4 Å². The van der Waals surface area contributed by atoms with Crippen LogP contribution in [-0.2, 0) is 11.3 Å². The monoisotopic (exact) mass is 311 g/mol. The van der Waals surface area contributed by atoms with Crippen molar-refractivity contribution in [1.82, 2.24) is 14.8 Å². The number of carboxylic acid groups (broad SMARTS) is 1. The highest BCUT2D eigenvalue weighted by molar-refractivity contribution is 7.09. The number of aryl methyl sites for hydroxylation is 1. The summed E-state index contributed by atoms with van der Waals surface area (Å²) in [5, 5.41) is 12.3. The van der Waals surface area contributed by atoms with Gasteiger partial charge in [-0.3, -0.25) is 4.79 Å². The van der Waals surface area contributed by atoms with Crippen molar-refractivity contribution in [2.24, 2.45) is 5.41 Å². The Hall–Kier alpha value is -1.63. The van der Waals surface area contributed by atoms with Gasteiger partial charge in [-0.05, 0) is 19.8 Å². The van der Waals surface area contributed by atoms with E-state index in [4.69, 9.17) is 0 Å².